The summed E-state index contributed by atoms with van der Waals surface area (Å²) in [6.07, 6.45) is 0. The molecule has 4 N–H and O–H groups in total. The second-order valence-corrected chi connectivity index (χ2v) is 2.64. The van der Waals surface area contributed by atoms with Crippen LogP contribution in [0.5, 0.6) is 0 Å². The van der Waals surface area contributed by atoms with E-state index in [0.717, 1.165) is 26.2 Å². The Kier molecular flexibility index (Phi) is 1.83. The van der Waals surface area contributed by atoms with Crippen molar-refractivity contribution >= 4 is 0 Å². The topological polar surface area (TPSA) is 51.4 Å². The molecule has 0 unspecified atom stereocenters. The largest absolute Gasteiger partial charge is 0.313 e. The molecular weight excluding hydrogens is 130 g/mol. The molecule has 58 valence electrons. The molecule has 2 saturated heterocycles. The first-order chi connectivity index (χ1) is 4.95. The quantitative estimate of drug-likeness (QED) is 0.353. The third-order valence-electron chi connectivity index (χ3n) is 1.76. The van der Waals surface area contributed by atoms with Crippen molar-refractivity contribution < 1.29 is 0 Å². The van der Waals surface area contributed by atoms with Gasteiger partial charge in [-0.3, -0.25) is 0 Å². The number of hydrogen-bond acceptors (Lipinski definition) is 5. The van der Waals surface area contributed by atoms with Gasteiger partial charge < -0.3 is 5.32 Å². The average Bonchev–Trinajstić information content (AvgIpc) is 2.29. The highest BCUT2D eigenvalue weighted by Crippen LogP contribution is 1.90. The molecule has 0 amide bonds. The molecule has 0 atom stereocenters. The predicted octanol–water partition coefficient (Wildman–Crippen LogP) is -2.21. The van der Waals surface area contributed by atoms with Gasteiger partial charge in [0.15, 0.2) is 0 Å². The van der Waals surface area contributed by atoms with Crippen LogP contribution in [-0.4, -0.2) is 37.4 Å². The molecule has 0 radical (unpaired) electrons. The average molecular weight is 143 g/mol. The van der Waals surface area contributed by atoms with Gasteiger partial charge >= 0.3 is 0 Å². The Morgan fingerprint density at radius 1 is 1.20 bits per heavy atom. The van der Waals surface area contributed by atoms with Gasteiger partial charge in [-0.2, -0.15) is 0 Å². The SMILES string of the molecule is C1CNN(NC2CNC2)N1. The first kappa shape index (κ1) is 6.51. The Morgan fingerprint density at radius 2 is 1.90 bits per heavy atom. The zero-order valence-corrected chi connectivity index (χ0v) is 5.85. The van der Waals surface area contributed by atoms with Gasteiger partial charge in [-0.25, -0.2) is 16.3 Å². The highest BCUT2D eigenvalue weighted by molar-refractivity contribution is 4.79. The summed E-state index contributed by atoms with van der Waals surface area (Å²) in [5.74, 6) is 0. The number of nitrogens with one attached hydrogen (secondary N) is 4. The second kappa shape index (κ2) is 2.81. The molecule has 0 spiro atoms. The molecular formula is C5H13N5. The van der Waals surface area contributed by atoms with Crippen LogP contribution < -0.4 is 21.6 Å². The van der Waals surface area contributed by atoms with Gasteiger partial charge in [0.25, 0.3) is 0 Å². The van der Waals surface area contributed by atoms with E-state index in [-0.39, 0.29) is 0 Å². The Hall–Kier alpha value is -0.200. The van der Waals surface area contributed by atoms with Crippen molar-refractivity contribution in [2.75, 3.05) is 26.2 Å². The summed E-state index contributed by atoms with van der Waals surface area (Å²) >= 11 is 0. The van der Waals surface area contributed by atoms with Crippen molar-refractivity contribution in [3.63, 3.8) is 0 Å². The maximum Gasteiger partial charge on any atom is 0.0491 e. The van der Waals surface area contributed by atoms with Crippen molar-refractivity contribution in [3.8, 4) is 0 Å². The van der Waals surface area contributed by atoms with Gasteiger partial charge in [0, 0.05) is 32.2 Å². The third-order valence-corrected chi connectivity index (χ3v) is 1.76. The molecule has 2 rings (SSSR count). The van der Waals surface area contributed by atoms with E-state index >= 15 is 0 Å². The van der Waals surface area contributed by atoms with Gasteiger partial charge in [0.05, 0.1) is 0 Å². The second-order valence-electron chi connectivity index (χ2n) is 2.64. The van der Waals surface area contributed by atoms with Crippen LogP contribution in [0.2, 0.25) is 0 Å². The van der Waals surface area contributed by atoms with Crippen LogP contribution in [0.15, 0.2) is 0 Å². The van der Waals surface area contributed by atoms with Gasteiger partial charge in [-0.05, 0) is 0 Å². The molecule has 2 aliphatic heterocycles. The number of hydrazine groups is 3. The van der Waals surface area contributed by atoms with E-state index in [4.69, 9.17) is 0 Å². The molecule has 5 nitrogen and oxygen atoms in total. The molecule has 0 saturated carbocycles. The minimum absolute atomic E-state index is 0.595. The molecule has 0 bridgehead atoms. The fourth-order valence-electron chi connectivity index (χ4n) is 1.05. The van der Waals surface area contributed by atoms with E-state index < -0.39 is 0 Å². The monoisotopic (exact) mass is 143 g/mol. The van der Waals surface area contributed by atoms with Crippen LogP contribution in [0.1, 0.15) is 0 Å². The van der Waals surface area contributed by atoms with E-state index in [2.05, 4.69) is 21.6 Å². The summed E-state index contributed by atoms with van der Waals surface area (Å²) in [7, 11) is 0. The molecule has 10 heavy (non-hydrogen) atoms. The number of nitrogens with zero attached hydrogens (tertiary/aromatic N) is 1. The first-order valence-corrected chi connectivity index (χ1v) is 3.69. The summed E-state index contributed by atoms with van der Waals surface area (Å²) in [5.41, 5.74) is 9.54. The highest BCUT2D eigenvalue weighted by Gasteiger charge is 2.20. The normalized spacial score (nSPS) is 28.8. The summed E-state index contributed by atoms with van der Waals surface area (Å²) in [6, 6.07) is 0.595. The third kappa shape index (κ3) is 1.28. The Labute approximate surface area is 60.1 Å². The maximum absolute atomic E-state index is 3.26. The van der Waals surface area contributed by atoms with Crippen molar-refractivity contribution in [2.45, 2.75) is 6.04 Å². The summed E-state index contributed by atoms with van der Waals surface area (Å²) in [5, 5.41) is 5.04. The number of rotatable bonds is 2. The summed E-state index contributed by atoms with van der Waals surface area (Å²) in [6.45, 7) is 4.15. The van der Waals surface area contributed by atoms with E-state index in [1.165, 1.54) is 0 Å². The first-order valence-electron chi connectivity index (χ1n) is 3.69. The van der Waals surface area contributed by atoms with E-state index in [1.807, 2.05) is 5.23 Å². The summed E-state index contributed by atoms with van der Waals surface area (Å²) in [4.78, 5) is 0. The van der Waals surface area contributed by atoms with Crippen LogP contribution in [0, 0.1) is 0 Å². The lowest BCUT2D eigenvalue weighted by Crippen LogP contribution is -2.63. The highest BCUT2D eigenvalue weighted by atomic mass is 15.9. The molecule has 0 aromatic heterocycles. The van der Waals surface area contributed by atoms with Gasteiger partial charge in [-0.15, -0.1) is 5.23 Å². The standard InChI is InChI=1S/C5H13N5/c1-2-8-10(7-1)9-5-3-6-4-5/h5-9H,1-4H2. The molecule has 5 heteroatoms. The van der Waals surface area contributed by atoms with E-state index in [1.54, 1.807) is 0 Å². The summed E-state index contributed by atoms with van der Waals surface area (Å²) < 4.78 is 0. The lowest BCUT2D eigenvalue weighted by Gasteiger charge is -2.31. The fraction of sp³-hybridized carbons (Fsp3) is 1.00. The predicted molar refractivity (Wildman–Crippen MR) is 37.6 cm³/mol. The lowest BCUT2D eigenvalue weighted by molar-refractivity contribution is 0.0640. The smallest absolute Gasteiger partial charge is 0.0491 e. The van der Waals surface area contributed by atoms with Gasteiger partial charge in [-0.1, -0.05) is 0 Å². The van der Waals surface area contributed by atoms with Crippen LogP contribution in [0.25, 0.3) is 0 Å². The van der Waals surface area contributed by atoms with Crippen molar-refractivity contribution in [2.24, 2.45) is 0 Å². The van der Waals surface area contributed by atoms with Crippen LogP contribution in [0.3, 0.4) is 0 Å². The Morgan fingerprint density at radius 3 is 2.40 bits per heavy atom. The zero-order valence-electron chi connectivity index (χ0n) is 5.85. The maximum atomic E-state index is 3.26. The van der Waals surface area contributed by atoms with E-state index in [9.17, 15) is 0 Å². The van der Waals surface area contributed by atoms with Crippen molar-refractivity contribution in [1.82, 2.24) is 26.8 Å². The van der Waals surface area contributed by atoms with Crippen LogP contribution in [0.4, 0.5) is 0 Å². The van der Waals surface area contributed by atoms with Crippen molar-refractivity contribution in [1.29, 1.82) is 0 Å². The van der Waals surface area contributed by atoms with Gasteiger partial charge in [0.1, 0.15) is 0 Å². The Balaban J connectivity index is 1.68. The van der Waals surface area contributed by atoms with Gasteiger partial charge in [0.2, 0.25) is 0 Å². The van der Waals surface area contributed by atoms with Crippen LogP contribution >= 0.6 is 0 Å². The molecule has 2 heterocycles. The van der Waals surface area contributed by atoms with E-state index in [0.29, 0.717) is 6.04 Å². The minimum Gasteiger partial charge on any atom is -0.313 e. The Bertz CT molecular complexity index is 107. The molecule has 0 aromatic rings. The zero-order chi connectivity index (χ0) is 6.81. The van der Waals surface area contributed by atoms with Crippen molar-refractivity contribution in [3.05, 3.63) is 0 Å². The fourth-order valence-corrected chi connectivity index (χ4v) is 1.05. The minimum atomic E-state index is 0.595. The number of hydrogen-bond donors (Lipinski definition) is 4. The molecule has 2 aliphatic rings. The van der Waals surface area contributed by atoms with Crippen LogP contribution in [-0.2, 0) is 0 Å². The molecule has 2 fully saturated rings. The lowest BCUT2D eigenvalue weighted by atomic mass is 10.2. The molecule has 0 aromatic carbocycles. The molecule has 0 aliphatic carbocycles.